The molecule has 0 unspecified atom stereocenters. The van der Waals surface area contributed by atoms with Gasteiger partial charge in [0.1, 0.15) is 11.5 Å². The lowest BCUT2D eigenvalue weighted by molar-refractivity contribution is -0.138. The molecule has 6 heteroatoms. The monoisotopic (exact) mass is 272 g/mol. The molecule has 0 aliphatic carbocycles. The van der Waals surface area contributed by atoms with E-state index in [9.17, 15) is 4.79 Å². The highest BCUT2D eigenvalue weighted by Gasteiger charge is 2.13. The third-order valence-corrected chi connectivity index (χ3v) is 2.69. The van der Waals surface area contributed by atoms with E-state index in [-0.39, 0.29) is 17.5 Å². The molecule has 4 nitrogen and oxygen atoms in total. The Morgan fingerprint density at radius 2 is 2.24 bits per heavy atom. The highest BCUT2D eigenvalue weighted by Crippen LogP contribution is 2.24. The number of nitrogens with two attached hydrogens (primary N) is 1. The standard InChI is InChI=1S/C11H13ClN2O2S/c1-14(6-10(15)16-2)9-5-7(12)3-4-8(9)11(13)17/h3-5H,6H2,1-2H3,(H2,13,17). The van der Waals surface area contributed by atoms with E-state index < -0.39 is 0 Å². The molecule has 0 atom stereocenters. The average molecular weight is 273 g/mol. The van der Waals surface area contributed by atoms with Crippen molar-refractivity contribution in [2.45, 2.75) is 0 Å². The predicted molar refractivity (Wildman–Crippen MR) is 72.6 cm³/mol. The van der Waals surface area contributed by atoms with Gasteiger partial charge in [0.2, 0.25) is 0 Å². The van der Waals surface area contributed by atoms with Crippen molar-refractivity contribution in [3.63, 3.8) is 0 Å². The molecule has 0 bridgehead atoms. The molecule has 0 aliphatic rings. The predicted octanol–water partition coefficient (Wildman–Crippen LogP) is 1.58. The zero-order chi connectivity index (χ0) is 13.0. The molecule has 0 saturated heterocycles. The van der Waals surface area contributed by atoms with E-state index in [4.69, 9.17) is 29.6 Å². The van der Waals surface area contributed by atoms with Crippen molar-refractivity contribution in [3.05, 3.63) is 28.8 Å². The fraction of sp³-hybridized carbons (Fsp3) is 0.273. The molecule has 17 heavy (non-hydrogen) atoms. The number of methoxy groups -OCH3 is 1. The quantitative estimate of drug-likeness (QED) is 0.666. The van der Waals surface area contributed by atoms with E-state index in [0.29, 0.717) is 16.3 Å². The summed E-state index contributed by atoms with van der Waals surface area (Å²) in [4.78, 5) is 13.1. The number of hydrogen-bond acceptors (Lipinski definition) is 4. The van der Waals surface area contributed by atoms with Crippen LogP contribution in [-0.2, 0) is 9.53 Å². The Kier molecular flexibility index (Phi) is 4.72. The van der Waals surface area contributed by atoms with Gasteiger partial charge in [-0.15, -0.1) is 0 Å². The minimum absolute atomic E-state index is 0.104. The summed E-state index contributed by atoms with van der Waals surface area (Å²) >= 11 is 10.9. The van der Waals surface area contributed by atoms with Crippen LogP contribution in [0.2, 0.25) is 5.02 Å². The largest absolute Gasteiger partial charge is 0.468 e. The maximum atomic E-state index is 11.2. The summed E-state index contributed by atoms with van der Waals surface area (Å²) in [5.74, 6) is -0.346. The Labute approximate surface area is 110 Å². The number of hydrogen-bond donors (Lipinski definition) is 1. The number of rotatable bonds is 4. The zero-order valence-corrected chi connectivity index (χ0v) is 11.1. The van der Waals surface area contributed by atoms with Gasteiger partial charge in [0.15, 0.2) is 0 Å². The van der Waals surface area contributed by atoms with Gasteiger partial charge in [0, 0.05) is 23.3 Å². The van der Waals surface area contributed by atoms with Gasteiger partial charge < -0.3 is 15.4 Å². The van der Waals surface area contributed by atoms with E-state index in [1.54, 1.807) is 30.1 Å². The molecule has 0 amide bonds. The van der Waals surface area contributed by atoms with Crippen LogP contribution in [0.4, 0.5) is 5.69 Å². The third-order valence-electron chi connectivity index (χ3n) is 2.23. The Morgan fingerprint density at radius 3 is 2.76 bits per heavy atom. The summed E-state index contributed by atoms with van der Waals surface area (Å²) < 4.78 is 4.60. The third kappa shape index (κ3) is 3.57. The number of likely N-dealkylation sites (N-methyl/N-ethyl adjacent to an activating group) is 1. The van der Waals surface area contributed by atoms with E-state index in [1.807, 2.05) is 0 Å². The molecule has 0 fully saturated rings. The number of carbonyl (C=O) groups is 1. The van der Waals surface area contributed by atoms with Crippen molar-refractivity contribution in [1.82, 2.24) is 0 Å². The fourth-order valence-corrected chi connectivity index (χ4v) is 1.71. The molecule has 0 aromatic heterocycles. The molecule has 1 aromatic rings. The maximum Gasteiger partial charge on any atom is 0.325 e. The molecule has 0 aliphatic heterocycles. The van der Waals surface area contributed by atoms with Gasteiger partial charge in [-0.3, -0.25) is 4.79 Å². The molecule has 1 rings (SSSR count). The van der Waals surface area contributed by atoms with Crippen molar-refractivity contribution >= 4 is 40.5 Å². The Morgan fingerprint density at radius 1 is 1.59 bits per heavy atom. The lowest BCUT2D eigenvalue weighted by Crippen LogP contribution is -2.28. The minimum atomic E-state index is -0.346. The number of esters is 1. The van der Waals surface area contributed by atoms with Gasteiger partial charge in [0.05, 0.1) is 7.11 Å². The lowest BCUT2D eigenvalue weighted by Gasteiger charge is -2.21. The number of ether oxygens (including phenoxy) is 1. The molecule has 92 valence electrons. The topological polar surface area (TPSA) is 55.6 Å². The van der Waals surface area contributed by atoms with Crippen LogP contribution in [0.15, 0.2) is 18.2 Å². The summed E-state index contributed by atoms with van der Waals surface area (Å²) in [6.45, 7) is 0.104. The van der Waals surface area contributed by atoms with E-state index in [1.165, 1.54) is 7.11 Å². The summed E-state index contributed by atoms with van der Waals surface area (Å²) in [6.07, 6.45) is 0. The molecule has 0 heterocycles. The van der Waals surface area contributed by atoms with Crippen molar-refractivity contribution in [2.75, 3.05) is 25.6 Å². The van der Waals surface area contributed by atoms with Crippen LogP contribution in [0.3, 0.4) is 0 Å². The van der Waals surface area contributed by atoms with Crippen LogP contribution in [0.5, 0.6) is 0 Å². The highest BCUT2D eigenvalue weighted by atomic mass is 35.5. The number of anilines is 1. The summed E-state index contributed by atoms with van der Waals surface area (Å²) in [7, 11) is 3.08. The maximum absolute atomic E-state index is 11.2. The summed E-state index contributed by atoms with van der Waals surface area (Å²) in [5, 5.41) is 0.553. The average Bonchev–Trinajstić information content (AvgIpc) is 2.28. The Hall–Kier alpha value is -1.33. The smallest absolute Gasteiger partial charge is 0.325 e. The van der Waals surface area contributed by atoms with E-state index in [2.05, 4.69) is 4.74 Å². The molecular formula is C11H13ClN2O2S. The highest BCUT2D eigenvalue weighted by molar-refractivity contribution is 7.80. The molecule has 0 saturated carbocycles. The van der Waals surface area contributed by atoms with Gasteiger partial charge in [0.25, 0.3) is 0 Å². The second kappa shape index (κ2) is 5.84. The van der Waals surface area contributed by atoms with Crippen LogP contribution >= 0.6 is 23.8 Å². The minimum Gasteiger partial charge on any atom is -0.468 e. The van der Waals surface area contributed by atoms with Crippen LogP contribution in [0, 0.1) is 0 Å². The van der Waals surface area contributed by atoms with Gasteiger partial charge in [-0.2, -0.15) is 0 Å². The van der Waals surface area contributed by atoms with Crippen LogP contribution in [-0.4, -0.2) is 31.7 Å². The lowest BCUT2D eigenvalue weighted by atomic mass is 10.1. The first-order valence-corrected chi connectivity index (χ1v) is 5.61. The normalized spacial score (nSPS) is 9.82. The van der Waals surface area contributed by atoms with Gasteiger partial charge in [-0.05, 0) is 18.2 Å². The first kappa shape index (κ1) is 13.7. The van der Waals surface area contributed by atoms with E-state index >= 15 is 0 Å². The Balaban J connectivity index is 3.06. The molecular weight excluding hydrogens is 260 g/mol. The van der Waals surface area contributed by atoms with Crippen LogP contribution in [0.25, 0.3) is 0 Å². The molecule has 2 N–H and O–H groups in total. The number of nitrogens with zero attached hydrogens (tertiary/aromatic N) is 1. The fourth-order valence-electron chi connectivity index (χ4n) is 1.37. The second-order valence-corrected chi connectivity index (χ2v) is 4.33. The van der Waals surface area contributed by atoms with Crippen LogP contribution in [0.1, 0.15) is 5.56 Å². The van der Waals surface area contributed by atoms with Crippen molar-refractivity contribution in [2.24, 2.45) is 5.73 Å². The van der Waals surface area contributed by atoms with Gasteiger partial charge >= 0.3 is 5.97 Å². The van der Waals surface area contributed by atoms with Gasteiger partial charge in [-0.1, -0.05) is 23.8 Å². The first-order valence-electron chi connectivity index (χ1n) is 4.83. The molecule has 1 aromatic carbocycles. The molecule has 0 radical (unpaired) electrons. The van der Waals surface area contributed by atoms with E-state index in [0.717, 1.165) is 0 Å². The molecule has 0 spiro atoms. The summed E-state index contributed by atoms with van der Waals surface area (Å²) in [5.41, 5.74) is 6.99. The first-order chi connectivity index (χ1) is 7.95. The number of thiocarbonyl (C=S) groups is 1. The zero-order valence-electron chi connectivity index (χ0n) is 9.57. The van der Waals surface area contributed by atoms with Crippen molar-refractivity contribution in [3.8, 4) is 0 Å². The van der Waals surface area contributed by atoms with Gasteiger partial charge in [-0.25, -0.2) is 0 Å². The number of benzene rings is 1. The van der Waals surface area contributed by atoms with Crippen molar-refractivity contribution < 1.29 is 9.53 Å². The second-order valence-electron chi connectivity index (χ2n) is 3.46. The Bertz CT molecular complexity index is 451. The van der Waals surface area contributed by atoms with Crippen molar-refractivity contribution in [1.29, 1.82) is 0 Å². The summed E-state index contributed by atoms with van der Waals surface area (Å²) in [6, 6.07) is 5.14. The van der Waals surface area contributed by atoms with Crippen LogP contribution < -0.4 is 10.6 Å². The number of carbonyl (C=O) groups excluding carboxylic acids is 1. The number of halogens is 1. The SMILES string of the molecule is COC(=O)CN(C)c1cc(Cl)ccc1C(N)=S.